The van der Waals surface area contributed by atoms with Crippen LogP contribution in [0.1, 0.15) is 62.8 Å². The molecule has 2 aromatic rings. The van der Waals surface area contributed by atoms with Crippen molar-refractivity contribution in [2.75, 3.05) is 0 Å². The predicted molar refractivity (Wildman–Crippen MR) is 103 cm³/mol. The van der Waals surface area contributed by atoms with Gasteiger partial charge in [0.25, 0.3) is 0 Å². The molecule has 0 radical (unpaired) electrons. The summed E-state index contributed by atoms with van der Waals surface area (Å²) in [5.74, 6) is 0.417. The number of pyridine rings is 1. The second kappa shape index (κ2) is 7.16. The van der Waals surface area contributed by atoms with Crippen LogP contribution in [0.3, 0.4) is 0 Å². The number of rotatable bonds is 6. The molecular weight excluding hydrogens is 358 g/mol. The highest BCUT2D eigenvalue weighted by molar-refractivity contribution is 5.74. The van der Waals surface area contributed by atoms with E-state index in [9.17, 15) is 9.90 Å². The van der Waals surface area contributed by atoms with Crippen LogP contribution in [-0.4, -0.2) is 37.2 Å². The molecule has 0 aromatic carbocycles. The van der Waals surface area contributed by atoms with Gasteiger partial charge in [-0.1, -0.05) is 5.21 Å². The lowest BCUT2D eigenvalue weighted by Crippen LogP contribution is -2.38. The molecule has 4 rings (SSSR count). The molecule has 2 aliphatic carbocycles. The van der Waals surface area contributed by atoms with E-state index in [0.29, 0.717) is 31.0 Å². The first-order valence-electron chi connectivity index (χ1n) is 9.91. The van der Waals surface area contributed by atoms with Crippen LogP contribution in [0.5, 0.6) is 5.75 Å². The zero-order valence-electron chi connectivity index (χ0n) is 16.4. The van der Waals surface area contributed by atoms with Gasteiger partial charge in [0.1, 0.15) is 11.4 Å². The Balaban J connectivity index is 1.61. The number of carboxylic acids is 1. The first kappa shape index (κ1) is 18.9. The summed E-state index contributed by atoms with van der Waals surface area (Å²) in [6.07, 6.45) is 5.03. The summed E-state index contributed by atoms with van der Waals surface area (Å²) in [5, 5.41) is 17.8. The molecule has 2 aromatic heterocycles. The number of carboxylic acid groups (broad SMARTS) is 1. The number of carbonyl (C=O) groups is 1. The van der Waals surface area contributed by atoms with Gasteiger partial charge in [-0.15, -0.1) is 5.10 Å². The number of ether oxygens (including phenoxy) is 1. The van der Waals surface area contributed by atoms with Crippen molar-refractivity contribution < 1.29 is 14.6 Å². The van der Waals surface area contributed by atoms with E-state index in [1.807, 2.05) is 26.1 Å². The van der Waals surface area contributed by atoms with E-state index in [2.05, 4.69) is 10.3 Å². The normalized spacial score (nSPS) is 24.9. The minimum absolute atomic E-state index is 0.101. The summed E-state index contributed by atoms with van der Waals surface area (Å²) >= 11 is 0. The first-order chi connectivity index (χ1) is 13.4. The first-order valence-corrected chi connectivity index (χ1v) is 9.91. The molecule has 28 heavy (non-hydrogen) atoms. The molecule has 2 aliphatic rings. The van der Waals surface area contributed by atoms with Crippen LogP contribution >= 0.6 is 0 Å². The van der Waals surface area contributed by atoms with Crippen LogP contribution in [0.4, 0.5) is 0 Å². The Labute approximate surface area is 164 Å². The number of nitrogens with two attached hydrogens (primary N) is 1. The van der Waals surface area contributed by atoms with Gasteiger partial charge in [-0.05, 0) is 51.2 Å². The van der Waals surface area contributed by atoms with Gasteiger partial charge in [-0.2, -0.15) is 0 Å². The van der Waals surface area contributed by atoms with E-state index in [4.69, 9.17) is 15.5 Å². The summed E-state index contributed by atoms with van der Waals surface area (Å²) in [6.45, 7) is 2.16. The number of hydrogen-bond donors (Lipinski definition) is 2. The Bertz CT molecular complexity index is 892. The summed E-state index contributed by atoms with van der Waals surface area (Å²) < 4.78 is 7.97. The number of aromatic nitrogens is 4. The number of aliphatic carboxylic acids is 1. The minimum Gasteiger partial charge on any atom is -0.488 e. The maximum absolute atomic E-state index is 11.6. The smallest absolute Gasteiger partial charge is 0.309 e. The van der Waals surface area contributed by atoms with Crippen molar-refractivity contribution in [1.82, 2.24) is 20.0 Å². The highest BCUT2D eigenvalue weighted by atomic mass is 16.5. The zero-order chi connectivity index (χ0) is 19.9. The van der Waals surface area contributed by atoms with Gasteiger partial charge in [0.2, 0.25) is 0 Å². The molecule has 2 atom stereocenters. The average Bonchev–Trinajstić information content (AvgIpc) is 3.44. The van der Waals surface area contributed by atoms with Crippen molar-refractivity contribution in [3.05, 3.63) is 23.5 Å². The van der Waals surface area contributed by atoms with E-state index in [1.54, 1.807) is 4.68 Å². The van der Waals surface area contributed by atoms with E-state index >= 15 is 0 Å². The van der Waals surface area contributed by atoms with Gasteiger partial charge in [0.15, 0.2) is 0 Å². The highest BCUT2D eigenvalue weighted by Crippen LogP contribution is 2.45. The zero-order valence-corrected chi connectivity index (χ0v) is 16.4. The van der Waals surface area contributed by atoms with Gasteiger partial charge >= 0.3 is 5.97 Å². The second-order valence-electron chi connectivity index (χ2n) is 8.27. The quantitative estimate of drug-likeness (QED) is 0.785. The lowest BCUT2D eigenvalue weighted by atomic mass is 9.74. The molecule has 0 bridgehead atoms. The molecule has 2 heterocycles. The topological polar surface area (TPSA) is 116 Å². The largest absolute Gasteiger partial charge is 0.488 e. The minimum atomic E-state index is -0.742. The van der Waals surface area contributed by atoms with Gasteiger partial charge in [-0.3, -0.25) is 9.48 Å². The molecule has 8 nitrogen and oxygen atoms in total. The van der Waals surface area contributed by atoms with E-state index in [1.165, 1.54) is 0 Å². The fourth-order valence-electron chi connectivity index (χ4n) is 4.05. The van der Waals surface area contributed by atoms with E-state index in [0.717, 1.165) is 48.5 Å². The van der Waals surface area contributed by atoms with Crippen molar-refractivity contribution in [2.45, 2.75) is 64.0 Å². The molecule has 8 heteroatoms. The van der Waals surface area contributed by atoms with Gasteiger partial charge < -0.3 is 15.6 Å². The molecule has 0 aliphatic heterocycles. The van der Waals surface area contributed by atoms with E-state index in [-0.39, 0.29) is 6.10 Å². The van der Waals surface area contributed by atoms with Gasteiger partial charge in [0.05, 0.1) is 28.6 Å². The summed E-state index contributed by atoms with van der Waals surface area (Å²) in [5.41, 5.74) is 8.36. The monoisotopic (exact) mass is 385 g/mol. The molecule has 2 fully saturated rings. The lowest BCUT2D eigenvalue weighted by Gasteiger charge is -2.35. The van der Waals surface area contributed by atoms with Crippen LogP contribution < -0.4 is 10.5 Å². The van der Waals surface area contributed by atoms with Crippen LogP contribution in [0.2, 0.25) is 0 Å². The Morgan fingerprint density at radius 2 is 2.18 bits per heavy atom. The number of aryl methyl sites for hydroxylation is 1. The van der Waals surface area contributed by atoms with Crippen LogP contribution in [0, 0.1) is 5.41 Å². The third-order valence-electron chi connectivity index (χ3n) is 5.97. The van der Waals surface area contributed by atoms with E-state index < -0.39 is 11.4 Å². The van der Waals surface area contributed by atoms with Crippen molar-refractivity contribution in [1.29, 1.82) is 0 Å². The summed E-state index contributed by atoms with van der Waals surface area (Å²) in [6, 6.07) is 3.83. The van der Waals surface area contributed by atoms with Crippen LogP contribution in [-0.2, 0) is 18.4 Å². The molecule has 0 unspecified atom stereocenters. The Morgan fingerprint density at radius 3 is 2.86 bits per heavy atom. The highest BCUT2D eigenvalue weighted by Gasteiger charge is 2.40. The Morgan fingerprint density at radius 1 is 1.39 bits per heavy atom. The van der Waals surface area contributed by atoms with Crippen molar-refractivity contribution in [3.63, 3.8) is 0 Å². The molecule has 0 amide bonds. The maximum atomic E-state index is 11.6. The Kier molecular flexibility index (Phi) is 4.82. The number of nitrogens with zero attached hydrogens (tertiary/aromatic N) is 4. The molecule has 0 saturated heterocycles. The molecular formula is C20H27N5O3. The SMILES string of the molecule is Cn1nnc(-c2ccc(O[C@H]3CCC[C@](C)(C(=O)O)C3)c(C3CC3)n2)c1CN. The van der Waals surface area contributed by atoms with Crippen LogP contribution in [0.15, 0.2) is 12.1 Å². The number of hydrogen-bond acceptors (Lipinski definition) is 6. The second-order valence-corrected chi connectivity index (χ2v) is 8.27. The summed E-state index contributed by atoms with van der Waals surface area (Å²) in [7, 11) is 1.82. The summed E-state index contributed by atoms with van der Waals surface area (Å²) in [4.78, 5) is 16.5. The van der Waals surface area contributed by atoms with Crippen molar-refractivity contribution in [2.24, 2.45) is 18.2 Å². The van der Waals surface area contributed by atoms with Crippen LogP contribution in [0.25, 0.3) is 11.4 Å². The third kappa shape index (κ3) is 3.48. The third-order valence-corrected chi connectivity index (χ3v) is 5.97. The molecule has 0 spiro atoms. The predicted octanol–water partition coefficient (Wildman–Crippen LogP) is 2.63. The fraction of sp³-hybridized carbons (Fsp3) is 0.600. The van der Waals surface area contributed by atoms with Crippen molar-refractivity contribution >= 4 is 5.97 Å². The molecule has 2 saturated carbocycles. The standard InChI is InChI=1S/C20H27N5O3/c1-20(19(26)27)9-3-4-13(10-20)28-16-8-7-14(22-17(16)12-5-6-12)18-15(11-21)25(2)24-23-18/h7-8,12-13H,3-6,9-11,21H2,1-2H3,(H,26,27)/t13-,20-/m0/s1. The lowest BCUT2D eigenvalue weighted by molar-refractivity contribution is -0.151. The Hall–Kier alpha value is -2.48. The maximum Gasteiger partial charge on any atom is 0.309 e. The molecule has 150 valence electrons. The fourth-order valence-corrected chi connectivity index (χ4v) is 4.05. The van der Waals surface area contributed by atoms with Crippen molar-refractivity contribution in [3.8, 4) is 17.1 Å². The van der Waals surface area contributed by atoms with Gasteiger partial charge in [-0.25, -0.2) is 4.98 Å². The molecule has 3 N–H and O–H groups in total. The average molecular weight is 385 g/mol. The van der Waals surface area contributed by atoms with Gasteiger partial charge in [0, 0.05) is 25.9 Å².